The van der Waals surface area contributed by atoms with E-state index in [-0.39, 0.29) is 29.9 Å². The molecule has 1 fully saturated rings. The van der Waals surface area contributed by atoms with E-state index in [0.717, 1.165) is 49.7 Å². The van der Waals surface area contributed by atoms with E-state index >= 15 is 0 Å². The van der Waals surface area contributed by atoms with Crippen LogP contribution in [0.1, 0.15) is 31.0 Å². The molecule has 2 N–H and O–H groups in total. The number of amides is 1. The van der Waals surface area contributed by atoms with Crippen molar-refractivity contribution in [2.45, 2.75) is 39.3 Å². The molecule has 1 amide bonds. The molecule has 1 saturated heterocycles. The summed E-state index contributed by atoms with van der Waals surface area (Å²) in [5.41, 5.74) is 2.96. The molecule has 0 atom stereocenters. The Hall–Kier alpha value is -2.14. The highest BCUT2D eigenvalue weighted by Gasteiger charge is 2.22. The van der Waals surface area contributed by atoms with Crippen LogP contribution < -0.4 is 10.6 Å². The standard InChI is InChI=1S/C23H34N6O2.HI/c1-5-24-23(27-19-10-12-29(13-11-19)15-21(30)28(3)4)25-14-20-16-31-22(26-20)18-8-6-17(2)7-9-18;/h6-9,16,19H,5,10-15H2,1-4H3,(H2,24,25,27);1H. The number of hydrogen-bond acceptors (Lipinski definition) is 5. The van der Waals surface area contributed by atoms with Crippen LogP contribution in [0.4, 0.5) is 0 Å². The highest BCUT2D eigenvalue weighted by atomic mass is 127. The van der Waals surface area contributed by atoms with Gasteiger partial charge in [-0.15, -0.1) is 24.0 Å². The summed E-state index contributed by atoms with van der Waals surface area (Å²) in [6.45, 7) is 7.64. The third kappa shape index (κ3) is 7.77. The van der Waals surface area contributed by atoms with E-state index < -0.39 is 0 Å². The lowest BCUT2D eigenvalue weighted by atomic mass is 10.1. The number of guanidine groups is 1. The first-order valence-corrected chi connectivity index (χ1v) is 10.9. The topological polar surface area (TPSA) is 86.0 Å². The Morgan fingerprint density at radius 1 is 1.25 bits per heavy atom. The van der Waals surface area contributed by atoms with Crippen LogP contribution in [-0.4, -0.2) is 73.0 Å². The van der Waals surface area contributed by atoms with E-state index in [1.165, 1.54) is 5.56 Å². The van der Waals surface area contributed by atoms with Gasteiger partial charge in [-0.25, -0.2) is 9.98 Å². The molecule has 9 heteroatoms. The van der Waals surface area contributed by atoms with Gasteiger partial charge in [-0.1, -0.05) is 17.7 Å². The van der Waals surface area contributed by atoms with Crippen LogP contribution >= 0.6 is 24.0 Å². The Morgan fingerprint density at radius 2 is 1.94 bits per heavy atom. The highest BCUT2D eigenvalue weighted by Crippen LogP contribution is 2.19. The number of aromatic nitrogens is 1. The molecule has 0 aliphatic carbocycles. The van der Waals surface area contributed by atoms with Crippen LogP contribution in [0.15, 0.2) is 39.9 Å². The molecule has 8 nitrogen and oxygen atoms in total. The quantitative estimate of drug-likeness (QED) is 0.311. The molecule has 2 heterocycles. The number of piperidine rings is 1. The molecular formula is C23H35IN6O2. The summed E-state index contributed by atoms with van der Waals surface area (Å²) < 4.78 is 5.64. The van der Waals surface area contributed by atoms with Crippen LogP contribution in [0.2, 0.25) is 0 Å². The molecule has 1 aliphatic heterocycles. The van der Waals surface area contributed by atoms with Crippen LogP contribution in [-0.2, 0) is 11.3 Å². The molecule has 0 radical (unpaired) electrons. The van der Waals surface area contributed by atoms with Gasteiger partial charge < -0.3 is 20.0 Å². The molecule has 0 unspecified atom stereocenters. The number of rotatable bonds is 7. The van der Waals surface area contributed by atoms with Crippen molar-refractivity contribution < 1.29 is 9.21 Å². The fraction of sp³-hybridized carbons (Fsp3) is 0.522. The maximum absolute atomic E-state index is 11.9. The fourth-order valence-corrected chi connectivity index (χ4v) is 3.45. The Labute approximate surface area is 207 Å². The molecule has 1 aliphatic rings. The van der Waals surface area contributed by atoms with Gasteiger partial charge in [0, 0.05) is 45.3 Å². The van der Waals surface area contributed by atoms with Gasteiger partial charge in [0.05, 0.1) is 13.1 Å². The van der Waals surface area contributed by atoms with E-state index in [1.54, 1.807) is 25.3 Å². The smallest absolute Gasteiger partial charge is 0.236 e. The average molecular weight is 554 g/mol. The molecule has 1 aromatic heterocycles. The largest absolute Gasteiger partial charge is 0.444 e. The number of carbonyl (C=O) groups is 1. The monoisotopic (exact) mass is 554 g/mol. The molecule has 1 aromatic carbocycles. The molecule has 176 valence electrons. The zero-order chi connectivity index (χ0) is 22.2. The average Bonchev–Trinajstić information content (AvgIpc) is 3.23. The Morgan fingerprint density at radius 3 is 2.56 bits per heavy atom. The second-order valence-corrected chi connectivity index (χ2v) is 8.19. The van der Waals surface area contributed by atoms with Gasteiger partial charge in [0.2, 0.25) is 11.8 Å². The normalized spacial score (nSPS) is 15.2. The highest BCUT2D eigenvalue weighted by molar-refractivity contribution is 14.0. The number of oxazole rings is 1. The summed E-state index contributed by atoms with van der Waals surface area (Å²) >= 11 is 0. The van der Waals surface area contributed by atoms with Crippen molar-refractivity contribution in [3.05, 3.63) is 41.8 Å². The maximum Gasteiger partial charge on any atom is 0.236 e. The lowest BCUT2D eigenvalue weighted by Gasteiger charge is -2.33. The van der Waals surface area contributed by atoms with E-state index in [0.29, 0.717) is 25.0 Å². The summed E-state index contributed by atoms with van der Waals surface area (Å²) in [5, 5.41) is 6.84. The lowest BCUT2D eigenvalue weighted by Crippen LogP contribution is -2.50. The first-order chi connectivity index (χ1) is 14.9. The number of likely N-dealkylation sites (N-methyl/N-ethyl adjacent to an activating group) is 1. The van der Waals surface area contributed by atoms with Gasteiger partial charge in [-0.05, 0) is 38.8 Å². The van der Waals surface area contributed by atoms with Crippen molar-refractivity contribution in [1.82, 2.24) is 25.4 Å². The fourth-order valence-electron chi connectivity index (χ4n) is 3.45. The minimum absolute atomic E-state index is 0. The van der Waals surface area contributed by atoms with E-state index in [2.05, 4.69) is 39.4 Å². The number of hydrogen-bond donors (Lipinski definition) is 2. The summed E-state index contributed by atoms with van der Waals surface area (Å²) in [4.78, 5) is 25.0. The number of likely N-dealkylation sites (tertiary alicyclic amines) is 1. The van der Waals surface area contributed by atoms with E-state index in [1.807, 2.05) is 24.3 Å². The molecule has 32 heavy (non-hydrogen) atoms. The van der Waals surface area contributed by atoms with Gasteiger partial charge in [0.15, 0.2) is 5.96 Å². The third-order valence-corrected chi connectivity index (χ3v) is 5.38. The van der Waals surface area contributed by atoms with Crippen LogP contribution in [0, 0.1) is 6.92 Å². The number of benzene rings is 1. The summed E-state index contributed by atoms with van der Waals surface area (Å²) in [5.74, 6) is 1.55. The van der Waals surface area contributed by atoms with E-state index in [9.17, 15) is 4.79 Å². The van der Waals surface area contributed by atoms with Gasteiger partial charge in [-0.2, -0.15) is 0 Å². The number of aryl methyl sites for hydroxylation is 1. The zero-order valence-electron chi connectivity index (χ0n) is 19.4. The van der Waals surface area contributed by atoms with Crippen molar-refractivity contribution in [2.75, 3.05) is 40.3 Å². The van der Waals surface area contributed by atoms with Gasteiger partial charge >= 0.3 is 0 Å². The third-order valence-electron chi connectivity index (χ3n) is 5.38. The van der Waals surface area contributed by atoms with Crippen LogP contribution in [0.5, 0.6) is 0 Å². The van der Waals surface area contributed by atoms with Crippen molar-refractivity contribution >= 4 is 35.8 Å². The van der Waals surface area contributed by atoms with Crippen molar-refractivity contribution in [3.8, 4) is 11.5 Å². The molecule has 0 bridgehead atoms. The van der Waals surface area contributed by atoms with Crippen LogP contribution in [0.25, 0.3) is 11.5 Å². The minimum Gasteiger partial charge on any atom is -0.444 e. The summed E-state index contributed by atoms with van der Waals surface area (Å²) in [6.07, 6.45) is 3.63. The van der Waals surface area contributed by atoms with Crippen molar-refractivity contribution in [1.29, 1.82) is 0 Å². The molecule has 0 saturated carbocycles. The molecular weight excluding hydrogens is 519 g/mol. The second kappa shape index (κ2) is 12.8. The minimum atomic E-state index is 0. The van der Waals surface area contributed by atoms with Crippen molar-refractivity contribution in [2.24, 2.45) is 4.99 Å². The summed E-state index contributed by atoms with van der Waals surface area (Å²) in [7, 11) is 3.60. The number of nitrogens with zero attached hydrogens (tertiary/aromatic N) is 4. The Kier molecular flexibility index (Phi) is 10.4. The molecule has 3 rings (SSSR count). The number of nitrogens with one attached hydrogen (secondary N) is 2. The predicted molar refractivity (Wildman–Crippen MR) is 138 cm³/mol. The van der Waals surface area contributed by atoms with Gasteiger partial charge in [0.25, 0.3) is 0 Å². The molecule has 2 aromatic rings. The maximum atomic E-state index is 11.9. The second-order valence-electron chi connectivity index (χ2n) is 8.19. The Bertz CT molecular complexity index is 873. The zero-order valence-corrected chi connectivity index (χ0v) is 21.8. The van der Waals surface area contributed by atoms with Crippen LogP contribution in [0.3, 0.4) is 0 Å². The van der Waals surface area contributed by atoms with Gasteiger partial charge in [-0.3, -0.25) is 9.69 Å². The first-order valence-electron chi connectivity index (χ1n) is 10.9. The summed E-state index contributed by atoms with van der Waals surface area (Å²) in [6, 6.07) is 8.46. The lowest BCUT2D eigenvalue weighted by molar-refractivity contribution is -0.130. The SMILES string of the molecule is CCNC(=NCc1coc(-c2ccc(C)cc2)n1)NC1CCN(CC(=O)N(C)C)CC1.I. The number of carbonyl (C=O) groups excluding carboxylic acids is 1. The first kappa shape index (κ1) is 26.1. The van der Waals surface area contributed by atoms with E-state index in [4.69, 9.17) is 4.42 Å². The van der Waals surface area contributed by atoms with Gasteiger partial charge in [0.1, 0.15) is 12.0 Å². The van der Waals surface area contributed by atoms with Crippen molar-refractivity contribution in [3.63, 3.8) is 0 Å². The number of aliphatic imine (C=N–C) groups is 1. The predicted octanol–water partition coefficient (Wildman–Crippen LogP) is 2.88. The Balaban J connectivity index is 0.00000363. The number of halogens is 1. The molecule has 0 spiro atoms.